The molecule has 1 aliphatic rings. The Kier molecular flexibility index (Phi) is 8.66. The molecule has 4 rings (SSSR count). The molecule has 0 fully saturated rings. The van der Waals surface area contributed by atoms with Gasteiger partial charge in [0.2, 0.25) is 5.91 Å². The Morgan fingerprint density at radius 3 is 2.46 bits per heavy atom. The second kappa shape index (κ2) is 12.1. The number of fused-ring (bicyclic) bond motifs is 1. The summed E-state index contributed by atoms with van der Waals surface area (Å²) in [7, 11) is 0. The lowest BCUT2D eigenvalue weighted by Crippen LogP contribution is -2.42. The minimum absolute atomic E-state index is 0.0144. The van der Waals surface area contributed by atoms with Crippen LogP contribution >= 0.6 is 0 Å². The number of nitrogens with zero attached hydrogens (tertiary/aromatic N) is 4. The first kappa shape index (κ1) is 26.5. The van der Waals surface area contributed by atoms with Crippen LogP contribution in [0.3, 0.4) is 0 Å². The van der Waals surface area contributed by atoms with E-state index >= 15 is 0 Å². The highest BCUT2D eigenvalue weighted by atomic mass is 19.1. The van der Waals surface area contributed by atoms with Crippen molar-refractivity contribution in [3.63, 3.8) is 0 Å². The maximum atomic E-state index is 14.5. The molecule has 0 spiro atoms. The predicted molar refractivity (Wildman–Crippen MR) is 144 cm³/mol. The molecule has 6 nitrogen and oxygen atoms in total. The van der Waals surface area contributed by atoms with E-state index in [1.165, 1.54) is 12.1 Å². The molecule has 0 atom stereocenters. The van der Waals surface area contributed by atoms with E-state index in [2.05, 4.69) is 23.7 Å². The first-order valence-corrected chi connectivity index (χ1v) is 12.9. The molecule has 0 saturated carbocycles. The summed E-state index contributed by atoms with van der Waals surface area (Å²) >= 11 is 0. The number of carbonyl (C=O) groups excluding carboxylic acids is 2. The molecule has 194 valence electrons. The molecular formula is C30H35FN4O2. The van der Waals surface area contributed by atoms with Gasteiger partial charge in [0.05, 0.1) is 6.42 Å². The molecular weight excluding hydrogens is 467 g/mol. The normalized spacial score (nSPS) is 15.3. The Balaban J connectivity index is 1.72. The van der Waals surface area contributed by atoms with E-state index in [0.29, 0.717) is 42.5 Å². The third kappa shape index (κ3) is 6.60. The van der Waals surface area contributed by atoms with Crippen LogP contribution in [0.15, 0.2) is 67.0 Å². The minimum atomic E-state index is -0.389. The molecule has 0 saturated heterocycles. The van der Waals surface area contributed by atoms with E-state index < -0.39 is 0 Å². The lowest BCUT2D eigenvalue weighted by molar-refractivity contribution is -0.131. The van der Waals surface area contributed by atoms with E-state index in [0.717, 1.165) is 24.1 Å². The molecule has 3 aromatic rings. The summed E-state index contributed by atoms with van der Waals surface area (Å²) in [6, 6.07) is 16.0. The van der Waals surface area contributed by atoms with Gasteiger partial charge >= 0.3 is 0 Å². The molecule has 0 bridgehead atoms. The summed E-state index contributed by atoms with van der Waals surface area (Å²) < 4.78 is 14.5. The molecule has 0 N–H and O–H groups in total. The molecule has 0 aliphatic carbocycles. The molecule has 2 amide bonds. The molecule has 1 aromatic heterocycles. The summed E-state index contributed by atoms with van der Waals surface area (Å²) in [6.07, 6.45) is 4.22. The number of benzene rings is 2. The summed E-state index contributed by atoms with van der Waals surface area (Å²) in [4.78, 5) is 37.1. The standard InChI is InChI=1S/C30H35FN4O2/c1-22(2)33-15-6-16-35(30(37)24-11-13-32-14-12-24)28-10-9-27(31)19-26(28)21-34(18-17-33)29(36)20-25-8-5-4-7-23(25)3/h4-5,7-14,19,22H,6,15-18,20-21H2,1-3H3. The fraction of sp³-hybridized carbons (Fsp3) is 0.367. The lowest BCUT2D eigenvalue weighted by Gasteiger charge is -2.30. The summed E-state index contributed by atoms with van der Waals surface area (Å²) in [5.41, 5.74) is 3.83. The van der Waals surface area contributed by atoms with Crippen LogP contribution in [0.5, 0.6) is 0 Å². The lowest BCUT2D eigenvalue weighted by atomic mass is 10.0. The third-order valence-electron chi connectivity index (χ3n) is 7.04. The first-order chi connectivity index (χ1) is 17.8. The van der Waals surface area contributed by atoms with Crippen molar-refractivity contribution in [3.05, 3.63) is 95.1 Å². The van der Waals surface area contributed by atoms with Crippen molar-refractivity contribution >= 4 is 17.5 Å². The Bertz CT molecular complexity index is 1230. The fourth-order valence-corrected chi connectivity index (χ4v) is 4.82. The third-order valence-corrected chi connectivity index (χ3v) is 7.04. The van der Waals surface area contributed by atoms with E-state index in [4.69, 9.17) is 0 Å². The average Bonchev–Trinajstić information content (AvgIpc) is 2.92. The smallest absolute Gasteiger partial charge is 0.258 e. The highest BCUT2D eigenvalue weighted by Crippen LogP contribution is 2.27. The average molecular weight is 503 g/mol. The predicted octanol–water partition coefficient (Wildman–Crippen LogP) is 4.86. The highest BCUT2D eigenvalue weighted by molar-refractivity contribution is 6.06. The zero-order valence-corrected chi connectivity index (χ0v) is 21.9. The molecule has 0 unspecified atom stereocenters. The molecule has 2 heterocycles. The number of rotatable bonds is 4. The van der Waals surface area contributed by atoms with Crippen LogP contribution in [-0.2, 0) is 17.8 Å². The molecule has 37 heavy (non-hydrogen) atoms. The maximum absolute atomic E-state index is 14.5. The summed E-state index contributed by atoms with van der Waals surface area (Å²) in [6.45, 7) is 9.02. The number of aromatic nitrogens is 1. The second-order valence-electron chi connectivity index (χ2n) is 9.87. The quantitative estimate of drug-likeness (QED) is 0.511. The van der Waals surface area contributed by atoms with Gasteiger partial charge in [0, 0.05) is 62.4 Å². The first-order valence-electron chi connectivity index (χ1n) is 12.9. The molecule has 7 heteroatoms. The van der Waals surface area contributed by atoms with Crippen molar-refractivity contribution in [1.29, 1.82) is 0 Å². The number of carbonyl (C=O) groups is 2. The Morgan fingerprint density at radius 2 is 1.73 bits per heavy atom. The summed E-state index contributed by atoms with van der Waals surface area (Å²) in [5, 5.41) is 0. The van der Waals surface area contributed by atoms with Crippen molar-refractivity contribution in [2.75, 3.05) is 31.1 Å². The monoisotopic (exact) mass is 502 g/mol. The molecule has 2 aromatic carbocycles. The zero-order valence-electron chi connectivity index (χ0n) is 21.9. The number of hydrogen-bond donors (Lipinski definition) is 0. The van der Waals surface area contributed by atoms with Crippen molar-refractivity contribution in [1.82, 2.24) is 14.8 Å². The van der Waals surface area contributed by atoms with Gasteiger partial charge in [0.25, 0.3) is 5.91 Å². The van der Waals surface area contributed by atoms with Crippen molar-refractivity contribution in [3.8, 4) is 0 Å². The van der Waals surface area contributed by atoms with Gasteiger partial charge < -0.3 is 9.80 Å². The summed E-state index contributed by atoms with van der Waals surface area (Å²) in [5.74, 6) is -0.567. The van der Waals surface area contributed by atoms with Crippen molar-refractivity contribution in [2.45, 2.75) is 46.2 Å². The van der Waals surface area contributed by atoms with Gasteiger partial charge in [-0.05, 0) is 74.2 Å². The number of amides is 2. The number of anilines is 1. The van der Waals surface area contributed by atoms with E-state index in [1.54, 1.807) is 40.4 Å². The van der Waals surface area contributed by atoms with Crippen molar-refractivity contribution in [2.24, 2.45) is 0 Å². The van der Waals surface area contributed by atoms with Crippen molar-refractivity contribution < 1.29 is 14.0 Å². The topological polar surface area (TPSA) is 56.8 Å². The Morgan fingerprint density at radius 1 is 0.973 bits per heavy atom. The van der Waals surface area contributed by atoms with Gasteiger partial charge in [-0.1, -0.05) is 24.3 Å². The number of halogens is 1. The van der Waals surface area contributed by atoms with Crippen LogP contribution in [0, 0.1) is 12.7 Å². The van der Waals surface area contributed by atoms with Gasteiger partial charge in [-0.25, -0.2) is 4.39 Å². The van der Waals surface area contributed by atoms with E-state index in [1.807, 2.05) is 31.2 Å². The van der Waals surface area contributed by atoms with Gasteiger partial charge in [0.1, 0.15) is 5.82 Å². The molecule has 0 radical (unpaired) electrons. The largest absolute Gasteiger partial charge is 0.337 e. The van der Waals surface area contributed by atoms with Crippen LogP contribution in [0.25, 0.3) is 0 Å². The van der Waals surface area contributed by atoms with Crippen LogP contribution in [-0.4, -0.2) is 58.8 Å². The van der Waals surface area contributed by atoms with Crippen LogP contribution < -0.4 is 4.90 Å². The van der Waals surface area contributed by atoms with Crippen LogP contribution in [0.1, 0.15) is 47.3 Å². The minimum Gasteiger partial charge on any atom is -0.337 e. The van der Waals surface area contributed by atoms with Gasteiger partial charge in [-0.2, -0.15) is 0 Å². The van der Waals surface area contributed by atoms with Crippen LogP contribution in [0.2, 0.25) is 0 Å². The maximum Gasteiger partial charge on any atom is 0.258 e. The Labute approximate surface area is 218 Å². The van der Waals surface area contributed by atoms with Gasteiger partial charge in [0.15, 0.2) is 0 Å². The van der Waals surface area contributed by atoms with Gasteiger partial charge in [-0.15, -0.1) is 0 Å². The molecule has 1 aliphatic heterocycles. The van der Waals surface area contributed by atoms with Crippen LogP contribution in [0.4, 0.5) is 10.1 Å². The highest BCUT2D eigenvalue weighted by Gasteiger charge is 2.25. The number of aryl methyl sites for hydroxylation is 1. The van der Waals surface area contributed by atoms with Gasteiger partial charge in [-0.3, -0.25) is 19.5 Å². The second-order valence-corrected chi connectivity index (χ2v) is 9.87. The zero-order chi connectivity index (χ0) is 26.4. The van der Waals surface area contributed by atoms with E-state index in [9.17, 15) is 14.0 Å². The SMILES string of the molecule is Cc1ccccc1CC(=O)N1CCN(C(C)C)CCCN(C(=O)c2ccncc2)c2ccc(F)cc2C1. The van der Waals surface area contributed by atoms with E-state index in [-0.39, 0.29) is 30.6 Å². The Hall–Kier alpha value is -3.58. The fourth-order valence-electron chi connectivity index (χ4n) is 4.82. The number of pyridine rings is 1. The number of hydrogen-bond acceptors (Lipinski definition) is 4.